The second-order valence-electron chi connectivity index (χ2n) is 4.42. The second-order valence-corrected chi connectivity index (χ2v) is 4.42. The predicted octanol–water partition coefficient (Wildman–Crippen LogP) is 1.37. The molecule has 0 spiro atoms. The first-order valence-corrected chi connectivity index (χ1v) is 6.52. The van der Waals surface area contributed by atoms with Crippen molar-refractivity contribution >= 4 is 17.2 Å². The van der Waals surface area contributed by atoms with E-state index in [-0.39, 0.29) is 5.91 Å². The predicted molar refractivity (Wildman–Crippen MR) is 74.1 cm³/mol. The summed E-state index contributed by atoms with van der Waals surface area (Å²) in [5.41, 5.74) is 1.87. The van der Waals surface area contributed by atoms with Gasteiger partial charge in [0.2, 0.25) is 5.91 Å². The molecule has 2 aromatic heterocycles. The van der Waals surface area contributed by atoms with Gasteiger partial charge in [-0.25, -0.2) is 9.50 Å². The van der Waals surface area contributed by atoms with Gasteiger partial charge in [0, 0.05) is 31.9 Å². The Balaban J connectivity index is 1.93. The molecule has 0 unspecified atom stereocenters. The molecule has 102 valence electrons. The van der Waals surface area contributed by atoms with Gasteiger partial charge in [-0.3, -0.25) is 4.79 Å². The fourth-order valence-corrected chi connectivity index (χ4v) is 1.83. The van der Waals surface area contributed by atoms with Crippen molar-refractivity contribution in [3.8, 4) is 0 Å². The number of hydrogen-bond donors (Lipinski definition) is 2. The minimum Gasteiger partial charge on any atom is -0.368 e. The van der Waals surface area contributed by atoms with Crippen LogP contribution in [0.5, 0.6) is 0 Å². The summed E-state index contributed by atoms with van der Waals surface area (Å²) in [6.07, 6.45) is 4.89. The van der Waals surface area contributed by atoms with Crippen molar-refractivity contribution in [1.29, 1.82) is 0 Å². The van der Waals surface area contributed by atoms with Gasteiger partial charge < -0.3 is 10.6 Å². The SMILES string of the molecule is CCCNC(=O)CCNc1nccn2nc(C)cc12. The average Bonchev–Trinajstić information content (AvgIpc) is 2.77. The third-order valence-corrected chi connectivity index (χ3v) is 2.73. The van der Waals surface area contributed by atoms with E-state index in [1.54, 1.807) is 10.7 Å². The van der Waals surface area contributed by atoms with Crippen LogP contribution in [0.3, 0.4) is 0 Å². The number of nitrogens with one attached hydrogen (secondary N) is 2. The molecule has 2 aromatic rings. The summed E-state index contributed by atoms with van der Waals surface area (Å²) in [5, 5.41) is 10.3. The average molecular weight is 261 g/mol. The molecule has 0 bridgehead atoms. The van der Waals surface area contributed by atoms with Crippen LogP contribution < -0.4 is 10.6 Å². The van der Waals surface area contributed by atoms with Crippen molar-refractivity contribution in [1.82, 2.24) is 19.9 Å². The fourth-order valence-electron chi connectivity index (χ4n) is 1.83. The van der Waals surface area contributed by atoms with Crippen LogP contribution in [0.1, 0.15) is 25.5 Å². The number of fused-ring (bicyclic) bond motifs is 1. The largest absolute Gasteiger partial charge is 0.368 e. The highest BCUT2D eigenvalue weighted by atomic mass is 16.1. The fraction of sp³-hybridized carbons (Fsp3) is 0.462. The molecule has 0 aliphatic carbocycles. The van der Waals surface area contributed by atoms with Crippen molar-refractivity contribution < 1.29 is 4.79 Å². The number of carbonyl (C=O) groups is 1. The second kappa shape index (κ2) is 6.17. The number of rotatable bonds is 6. The Hall–Kier alpha value is -2.11. The van der Waals surface area contributed by atoms with Crippen molar-refractivity contribution in [2.45, 2.75) is 26.7 Å². The minimum absolute atomic E-state index is 0.0611. The normalized spacial score (nSPS) is 10.6. The molecule has 0 aliphatic heterocycles. The van der Waals surface area contributed by atoms with Crippen molar-refractivity contribution in [2.75, 3.05) is 18.4 Å². The van der Waals surface area contributed by atoms with Crippen molar-refractivity contribution in [3.63, 3.8) is 0 Å². The highest BCUT2D eigenvalue weighted by molar-refractivity contribution is 5.76. The van der Waals surface area contributed by atoms with E-state index in [4.69, 9.17) is 0 Å². The topological polar surface area (TPSA) is 71.3 Å². The molecular weight excluding hydrogens is 242 g/mol. The Morgan fingerprint density at radius 2 is 2.26 bits per heavy atom. The van der Waals surface area contributed by atoms with E-state index < -0.39 is 0 Å². The Kier molecular flexibility index (Phi) is 4.33. The van der Waals surface area contributed by atoms with Crippen LogP contribution in [-0.4, -0.2) is 33.6 Å². The van der Waals surface area contributed by atoms with Gasteiger partial charge in [0.15, 0.2) is 5.82 Å². The maximum Gasteiger partial charge on any atom is 0.221 e. The number of hydrogen-bond acceptors (Lipinski definition) is 4. The maximum atomic E-state index is 11.5. The minimum atomic E-state index is 0.0611. The first-order valence-electron chi connectivity index (χ1n) is 6.52. The molecule has 0 saturated heterocycles. The summed E-state index contributed by atoms with van der Waals surface area (Å²) < 4.78 is 1.78. The van der Waals surface area contributed by atoms with Gasteiger partial charge in [-0.15, -0.1) is 0 Å². The molecule has 0 radical (unpaired) electrons. The van der Waals surface area contributed by atoms with Crippen LogP contribution in [0.25, 0.3) is 5.52 Å². The number of aromatic nitrogens is 3. The van der Waals surface area contributed by atoms with Crippen LogP contribution in [-0.2, 0) is 4.79 Å². The highest BCUT2D eigenvalue weighted by Crippen LogP contribution is 2.14. The van der Waals surface area contributed by atoms with Crippen molar-refractivity contribution in [3.05, 3.63) is 24.2 Å². The van der Waals surface area contributed by atoms with E-state index in [1.807, 2.05) is 26.1 Å². The number of nitrogens with zero attached hydrogens (tertiary/aromatic N) is 3. The molecule has 6 nitrogen and oxygen atoms in total. The third-order valence-electron chi connectivity index (χ3n) is 2.73. The molecule has 0 atom stereocenters. The molecule has 2 rings (SSSR count). The van der Waals surface area contributed by atoms with Gasteiger partial charge in [0.05, 0.1) is 5.69 Å². The lowest BCUT2D eigenvalue weighted by Crippen LogP contribution is -2.26. The number of amides is 1. The Morgan fingerprint density at radius 3 is 3.05 bits per heavy atom. The van der Waals surface area contributed by atoms with Gasteiger partial charge >= 0.3 is 0 Å². The van der Waals surface area contributed by atoms with Crippen LogP contribution in [0.4, 0.5) is 5.82 Å². The van der Waals surface area contributed by atoms with E-state index in [0.29, 0.717) is 13.0 Å². The molecule has 0 aromatic carbocycles. The molecule has 2 N–H and O–H groups in total. The Labute approximate surface area is 112 Å². The molecule has 0 aliphatic rings. The number of anilines is 1. The quantitative estimate of drug-likeness (QED) is 0.823. The zero-order valence-corrected chi connectivity index (χ0v) is 11.3. The zero-order valence-electron chi connectivity index (χ0n) is 11.3. The standard InChI is InChI=1S/C13H19N5O/c1-3-5-14-12(19)4-6-15-13-11-9-10(2)17-18(11)8-7-16-13/h7-9H,3-6H2,1-2H3,(H,14,19)(H,15,16). The van der Waals surface area contributed by atoms with Gasteiger partial charge in [-0.05, 0) is 19.4 Å². The molecule has 19 heavy (non-hydrogen) atoms. The first-order chi connectivity index (χ1) is 9.20. The summed E-state index contributed by atoms with van der Waals surface area (Å²) >= 11 is 0. The van der Waals surface area contributed by atoms with E-state index in [9.17, 15) is 4.79 Å². The molecule has 2 heterocycles. The summed E-state index contributed by atoms with van der Waals surface area (Å²) in [6, 6.07) is 1.96. The number of carbonyl (C=O) groups excluding carboxylic acids is 1. The smallest absolute Gasteiger partial charge is 0.221 e. The van der Waals surface area contributed by atoms with Crippen LogP contribution in [0.15, 0.2) is 18.5 Å². The maximum absolute atomic E-state index is 11.5. The first kappa shape index (κ1) is 13.3. The van der Waals surface area contributed by atoms with E-state index in [0.717, 1.165) is 30.0 Å². The lowest BCUT2D eigenvalue weighted by Gasteiger charge is -2.07. The third kappa shape index (κ3) is 3.43. The molecule has 1 amide bonds. The summed E-state index contributed by atoms with van der Waals surface area (Å²) in [5.74, 6) is 0.817. The monoisotopic (exact) mass is 261 g/mol. The van der Waals surface area contributed by atoms with Crippen LogP contribution >= 0.6 is 0 Å². The summed E-state index contributed by atoms with van der Waals surface area (Å²) in [6.45, 7) is 5.26. The van der Waals surface area contributed by atoms with E-state index in [1.165, 1.54) is 0 Å². The summed E-state index contributed by atoms with van der Waals surface area (Å²) in [7, 11) is 0. The number of aryl methyl sites for hydroxylation is 1. The van der Waals surface area contributed by atoms with Crippen molar-refractivity contribution in [2.24, 2.45) is 0 Å². The van der Waals surface area contributed by atoms with Crippen LogP contribution in [0, 0.1) is 6.92 Å². The van der Waals surface area contributed by atoms with Gasteiger partial charge in [-0.1, -0.05) is 6.92 Å². The van der Waals surface area contributed by atoms with E-state index >= 15 is 0 Å². The molecule has 0 fully saturated rings. The van der Waals surface area contributed by atoms with Crippen LogP contribution in [0.2, 0.25) is 0 Å². The molecule has 0 saturated carbocycles. The zero-order chi connectivity index (χ0) is 13.7. The molecular formula is C13H19N5O. The Bertz CT molecular complexity index is 563. The highest BCUT2D eigenvalue weighted by Gasteiger charge is 2.05. The molecule has 6 heteroatoms. The Morgan fingerprint density at radius 1 is 1.42 bits per heavy atom. The van der Waals surface area contributed by atoms with Gasteiger partial charge in [-0.2, -0.15) is 5.10 Å². The van der Waals surface area contributed by atoms with Gasteiger partial charge in [0.25, 0.3) is 0 Å². The van der Waals surface area contributed by atoms with E-state index in [2.05, 4.69) is 20.7 Å². The van der Waals surface area contributed by atoms with Gasteiger partial charge in [0.1, 0.15) is 5.52 Å². The lowest BCUT2D eigenvalue weighted by atomic mass is 10.3. The lowest BCUT2D eigenvalue weighted by molar-refractivity contribution is -0.120. The summed E-state index contributed by atoms with van der Waals surface area (Å²) in [4.78, 5) is 15.7.